The minimum Gasteiger partial charge on any atom is -0.379 e. The summed E-state index contributed by atoms with van der Waals surface area (Å²) in [5.74, 6) is 0. The van der Waals surface area contributed by atoms with Gasteiger partial charge in [-0.15, -0.1) is 0 Å². The van der Waals surface area contributed by atoms with E-state index in [1.165, 1.54) is 0 Å². The quantitative estimate of drug-likeness (QED) is 0.430. The van der Waals surface area contributed by atoms with Crippen LogP contribution < -0.4 is 0 Å². The third kappa shape index (κ3) is 4.90. The van der Waals surface area contributed by atoms with Crippen LogP contribution in [0.5, 0.6) is 0 Å². The molecule has 2 saturated heterocycles. The van der Waals surface area contributed by atoms with Crippen LogP contribution in [0.15, 0.2) is 0 Å². The van der Waals surface area contributed by atoms with Gasteiger partial charge in [-0.3, -0.25) is 0 Å². The largest absolute Gasteiger partial charge is 0.379 e. The van der Waals surface area contributed by atoms with Crippen LogP contribution in [0.3, 0.4) is 0 Å². The first-order valence-corrected chi connectivity index (χ1v) is 5.45. The number of ether oxygens (including phenoxy) is 5. The monoisotopic (exact) mass is 218 g/mol. The highest BCUT2D eigenvalue weighted by Gasteiger charge is 2.22. The molecule has 0 radical (unpaired) electrons. The Hall–Kier alpha value is -0.200. The topological polar surface area (TPSA) is 49.5 Å². The predicted molar refractivity (Wildman–Crippen MR) is 51.7 cm³/mol. The summed E-state index contributed by atoms with van der Waals surface area (Å²) in [6, 6.07) is 0. The van der Waals surface area contributed by atoms with Crippen LogP contribution in [-0.4, -0.2) is 58.6 Å². The Labute approximate surface area is 89.6 Å². The molecule has 5 heteroatoms. The lowest BCUT2D eigenvalue weighted by Crippen LogP contribution is -2.14. The summed E-state index contributed by atoms with van der Waals surface area (Å²) in [6.45, 7) is 4.86. The lowest BCUT2D eigenvalue weighted by molar-refractivity contribution is -0.0650. The van der Waals surface area contributed by atoms with Crippen molar-refractivity contribution < 1.29 is 23.7 Å². The fourth-order valence-electron chi connectivity index (χ4n) is 1.35. The molecule has 5 nitrogen and oxygen atoms in total. The third-order valence-corrected chi connectivity index (χ3v) is 2.27. The summed E-state index contributed by atoms with van der Waals surface area (Å²) in [6.07, 6.45) is 1.07. The Balaban J connectivity index is 1.32. The SMILES string of the molecule is C(COCC1CO1)OCCC1OCCO1. The van der Waals surface area contributed by atoms with Gasteiger partial charge in [-0.25, -0.2) is 0 Å². The molecular weight excluding hydrogens is 200 g/mol. The zero-order valence-corrected chi connectivity index (χ0v) is 8.85. The Morgan fingerprint density at radius 1 is 0.933 bits per heavy atom. The van der Waals surface area contributed by atoms with Crippen molar-refractivity contribution in [2.24, 2.45) is 0 Å². The minimum atomic E-state index is -0.0641. The molecule has 2 aliphatic rings. The van der Waals surface area contributed by atoms with E-state index in [0.29, 0.717) is 45.7 Å². The number of rotatable bonds is 8. The second-order valence-electron chi connectivity index (χ2n) is 3.60. The maximum absolute atomic E-state index is 5.37. The average molecular weight is 218 g/mol. The van der Waals surface area contributed by atoms with Crippen molar-refractivity contribution in [3.8, 4) is 0 Å². The van der Waals surface area contributed by atoms with E-state index in [4.69, 9.17) is 23.7 Å². The minimum absolute atomic E-state index is 0.0641. The number of hydrogen-bond donors (Lipinski definition) is 0. The molecule has 1 atom stereocenters. The molecule has 0 spiro atoms. The lowest BCUT2D eigenvalue weighted by atomic mass is 10.4. The van der Waals surface area contributed by atoms with Gasteiger partial charge in [-0.1, -0.05) is 0 Å². The Morgan fingerprint density at radius 3 is 2.40 bits per heavy atom. The third-order valence-electron chi connectivity index (χ3n) is 2.27. The molecule has 2 aliphatic heterocycles. The standard InChI is InChI=1S/C10H18O5/c1(10-13-5-6-14-10)2-11-3-4-12-7-9-8-15-9/h9-10H,1-8H2. The first-order chi connectivity index (χ1) is 7.45. The summed E-state index contributed by atoms with van der Waals surface area (Å²) < 4.78 is 26.2. The molecule has 0 saturated carbocycles. The molecule has 0 N–H and O–H groups in total. The van der Waals surface area contributed by atoms with Crippen molar-refractivity contribution >= 4 is 0 Å². The second kappa shape index (κ2) is 6.40. The van der Waals surface area contributed by atoms with Crippen LogP contribution in [-0.2, 0) is 23.7 Å². The summed E-state index contributed by atoms with van der Waals surface area (Å²) >= 11 is 0. The molecule has 1 unspecified atom stereocenters. The predicted octanol–water partition coefficient (Wildman–Crippen LogP) is 0.181. The van der Waals surface area contributed by atoms with E-state index in [-0.39, 0.29) is 6.29 Å². The van der Waals surface area contributed by atoms with E-state index in [9.17, 15) is 0 Å². The van der Waals surface area contributed by atoms with Gasteiger partial charge in [-0.2, -0.15) is 0 Å². The summed E-state index contributed by atoms with van der Waals surface area (Å²) in [4.78, 5) is 0. The summed E-state index contributed by atoms with van der Waals surface area (Å²) in [7, 11) is 0. The van der Waals surface area contributed by atoms with Crippen molar-refractivity contribution in [1.82, 2.24) is 0 Å². The van der Waals surface area contributed by atoms with E-state index in [1.54, 1.807) is 0 Å². The Kier molecular flexibility index (Phi) is 4.82. The van der Waals surface area contributed by atoms with E-state index in [0.717, 1.165) is 13.0 Å². The molecule has 0 aromatic heterocycles. The van der Waals surface area contributed by atoms with Crippen LogP contribution in [0.25, 0.3) is 0 Å². The molecule has 2 fully saturated rings. The van der Waals surface area contributed by atoms with Crippen molar-refractivity contribution in [3.05, 3.63) is 0 Å². The Bertz CT molecular complexity index is 165. The maximum Gasteiger partial charge on any atom is 0.160 e. The fraction of sp³-hybridized carbons (Fsp3) is 1.00. The van der Waals surface area contributed by atoms with Gasteiger partial charge >= 0.3 is 0 Å². The average Bonchev–Trinajstić information content (AvgIpc) is 2.92. The summed E-state index contributed by atoms with van der Waals surface area (Å²) in [5.41, 5.74) is 0. The highest BCUT2D eigenvalue weighted by molar-refractivity contribution is 4.66. The number of hydrogen-bond acceptors (Lipinski definition) is 5. The molecule has 0 amide bonds. The van der Waals surface area contributed by atoms with Crippen molar-refractivity contribution in [3.63, 3.8) is 0 Å². The first-order valence-electron chi connectivity index (χ1n) is 5.45. The van der Waals surface area contributed by atoms with Gasteiger partial charge in [0.1, 0.15) is 6.10 Å². The van der Waals surface area contributed by atoms with Crippen LogP contribution in [0.2, 0.25) is 0 Å². The molecule has 15 heavy (non-hydrogen) atoms. The van der Waals surface area contributed by atoms with Gasteiger partial charge in [0.25, 0.3) is 0 Å². The second-order valence-corrected chi connectivity index (χ2v) is 3.60. The van der Waals surface area contributed by atoms with Crippen molar-refractivity contribution in [2.45, 2.75) is 18.8 Å². The molecular formula is C10H18O5. The zero-order chi connectivity index (χ0) is 10.3. The molecule has 0 bridgehead atoms. The van der Waals surface area contributed by atoms with Crippen LogP contribution in [0.4, 0.5) is 0 Å². The lowest BCUT2D eigenvalue weighted by Gasteiger charge is -2.09. The molecule has 88 valence electrons. The van der Waals surface area contributed by atoms with E-state index >= 15 is 0 Å². The van der Waals surface area contributed by atoms with Gasteiger partial charge in [0, 0.05) is 6.42 Å². The van der Waals surface area contributed by atoms with Crippen molar-refractivity contribution in [1.29, 1.82) is 0 Å². The van der Waals surface area contributed by atoms with Gasteiger partial charge in [0.2, 0.25) is 0 Å². The molecule has 0 aromatic carbocycles. The van der Waals surface area contributed by atoms with Gasteiger partial charge in [-0.05, 0) is 0 Å². The van der Waals surface area contributed by atoms with E-state index in [2.05, 4.69) is 0 Å². The number of epoxide rings is 1. The molecule has 2 rings (SSSR count). The van der Waals surface area contributed by atoms with Crippen LogP contribution >= 0.6 is 0 Å². The molecule has 0 aromatic rings. The van der Waals surface area contributed by atoms with Crippen molar-refractivity contribution in [2.75, 3.05) is 46.2 Å². The highest BCUT2D eigenvalue weighted by Crippen LogP contribution is 2.08. The van der Waals surface area contributed by atoms with Crippen LogP contribution in [0, 0.1) is 0 Å². The maximum atomic E-state index is 5.37. The highest BCUT2D eigenvalue weighted by atomic mass is 16.7. The van der Waals surface area contributed by atoms with E-state index < -0.39 is 0 Å². The van der Waals surface area contributed by atoms with E-state index in [1.807, 2.05) is 0 Å². The zero-order valence-electron chi connectivity index (χ0n) is 8.85. The van der Waals surface area contributed by atoms with Gasteiger partial charge < -0.3 is 23.7 Å². The van der Waals surface area contributed by atoms with Crippen LogP contribution in [0.1, 0.15) is 6.42 Å². The van der Waals surface area contributed by atoms with Gasteiger partial charge in [0.05, 0.1) is 46.2 Å². The first kappa shape index (κ1) is 11.3. The summed E-state index contributed by atoms with van der Waals surface area (Å²) in [5, 5.41) is 0. The normalized spacial score (nSPS) is 26.0. The molecule has 0 aliphatic carbocycles. The Morgan fingerprint density at radius 2 is 1.67 bits per heavy atom. The van der Waals surface area contributed by atoms with Gasteiger partial charge in [0.15, 0.2) is 6.29 Å². The fourth-order valence-corrected chi connectivity index (χ4v) is 1.35. The smallest absolute Gasteiger partial charge is 0.160 e. The molecule has 2 heterocycles.